The van der Waals surface area contributed by atoms with Crippen LogP contribution in [-0.2, 0) is 4.79 Å². The molecule has 26 heavy (non-hydrogen) atoms. The van der Waals surface area contributed by atoms with Crippen molar-refractivity contribution in [2.75, 3.05) is 18.4 Å². The number of nitrogens with zero attached hydrogens (tertiary/aromatic N) is 2. The van der Waals surface area contributed by atoms with Crippen LogP contribution >= 0.6 is 11.8 Å². The summed E-state index contributed by atoms with van der Waals surface area (Å²) >= 11 is 1.54. The number of amides is 1. The van der Waals surface area contributed by atoms with E-state index in [1.165, 1.54) is 11.8 Å². The third kappa shape index (κ3) is 3.76. The van der Waals surface area contributed by atoms with E-state index in [2.05, 4.69) is 20.6 Å². The van der Waals surface area contributed by atoms with E-state index in [0.717, 1.165) is 59.5 Å². The lowest BCUT2D eigenvalue weighted by Crippen LogP contribution is -2.31. The summed E-state index contributed by atoms with van der Waals surface area (Å²) < 4.78 is 0. The van der Waals surface area contributed by atoms with Gasteiger partial charge in [0.1, 0.15) is 0 Å². The average Bonchev–Trinajstić information content (AvgIpc) is 3.29. The van der Waals surface area contributed by atoms with Crippen molar-refractivity contribution in [2.45, 2.75) is 43.2 Å². The predicted molar refractivity (Wildman–Crippen MR) is 103 cm³/mol. The van der Waals surface area contributed by atoms with E-state index >= 15 is 0 Å². The maximum Gasteiger partial charge on any atom is 0.228 e. The van der Waals surface area contributed by atoms with Gasteiger partial charge in [0.15, 0.2) is 5.16 Å². The Hall–Kier alpha value is -1.92. The van der Waals surface area contributed by atoms with Gasteiger partial charge in [0, 0.05) is 27.9 Å². The second kappa shape index (κ2) is 7.00. The fourth-order valence-corrected chi connectivity index (χ4v) is 4.74. The van der Waals surface area contributed by atoms with Gasteiger partial charge in [-0.15, -0.1) is 0 Å². The lowest BCUT2D eigenvalue weighted by Gasteiger charge is -2.23. The molecule has 1 saturated heterocycles. The zero-order chi connectivity index (χ0) is 18.1. The molecule has 1 aliphatic heterocycles. The largest absolute Gasteiger partial charge is 0.326 e. The monoisotopic (exact) mass is 368 g/mol. The topological polar surface area (TPSA) is 66.9 Å². The van der Waals surface area contributed by atoms with Gasteiger partial charge < -0.3 is 10.6 Å². The standard InChI is InChI=1S/C20H24N4OS/c1-13-11-14(2)23-19(22-13)26-16-5-3-15(4-6-16)24-18(25)17-12-20(17)7-9-21-10-8-20/h3-6,11,17,21H,7-10,12H2,1-2H3,(H,24,25). The third-order valence-corrected chi connectivity index (χ3v) is 6.27. The van der Waals surface area contributed by atoms with E-state index < -0.39 is 0 Å². The molecule has 136 valence electrons. The maximum atomic E-state index is 12.5. The zero-order valence-corrected chi connectivity index (χ0v) is 16.0. The van der Waals surface area contributed by atoms with Crippen molar-refractivity contribution in [2.24, 2.45) is 11.3 Å². The molecule has 1 saturated carbocycles. The van der Waals surface area contributed by atoms with Crippen molar-refractivity contribution >= 4 is 23.4 Å². The van der Waals surface area contributed by atoms with Gasteiger partial charge in [-0.1, -0.05) is 0 Å². The number of hydrogen-bond donors (Lipinski definition) is 2. The maximum absolute atomic E-state index is 12.5. The fraction of sp³-hybridized carbons (Fsp3) is 0.450. The van der Waals surface area contributed by atoms with Gasteiger partial charge >= 0.3 is 0 Å². The molecule has 1 spiro atoms. The summed E-state index contributed by atoms with van der Waals surface area (Å²) in [6, 6.07) is 9.90. The van der Waals surface area contributed by atoms with Gasteiger partial charge in [0.05, 0.1) is 0 Å². The minimum Gasteiger partial charge on any atom is -0.326 e. The molecule has 1 amide bonds. The van der Waals surface area contributed by atoms with Gasteiger partial charge in [-0.25, -0.2) is 9.97 Å². The molecule has 0 radical (unpaired) electrons. The Morgan fingerprint density at radius 3 is 2.46 bits per heavy atom. The number of aryl methyl sites for hydroxylation is 2. The quantitative estimate of drug-likeness (QED) is 0.808. The Morgan fingerprint density at radius 2 is 1.81 bits per heavy atom. The van der Waals surface area contributed by atoms with E-state index in [0.29, 0.717) is 0 Å². The van der Waals surface area contributed by atoms with Crippen LogP contribution in [0.25, 0.3) is 0 Å². The van der Waals surface area contributed by atoms with Crippen LogP contribution < -0.4 is 10.6 Å². The van der Waals surface area contributed by atoms with E-state index in [4.69, 9.17) is 0 Å². The first-order valence-electron chi connectivity index (χ1n) is 9.16. The normalized spacial score (nSPS) is 20.8. The smallest absolute Gasteiger partial charge is 0.228 e. The summed E-state index contributed by atoms with van der Waals surface area (Å²) in [6.45, 7) is 6.03. The van der Waals surface area contributed by atoms with Crippen LogP contribution in [-0.4, -0.2) is 29.0 Å². The van der Waals surface area contributed by atoms with Crippen molar-refractivity contribution in [1.29, 1.82) is 0 Å². The van der Waals surface area contributed by atoms with E-state index in [1.54, 1.807) is 0 Å². The first-order valence-corrected chi connectivity index (χ1v) is 9.98. The SMILES string of the molecule is Cc1cc(C)nc(Sc2ccc(NC(=O)C3CC34CCNCC4)cc2)n1. The Balaban J connectivity index is 1.36. The molecule has 2 aromatic rings. The Morgan fingerprint density at radius 1 is 1.15 bits per heavy atom. The molecule has 0 bridgehead atoms. The minimum atomic E-state index is 0.171. The lowest BCUT2D eigenvalue weighted by atomic mass is 9.92. The van der Waals surface area contributed by atoms with Crippen LogP contribution in [0.2, 0.25) is 0 Å². The van der Waals surface area contributed by atoms with E-state index in [1.807, 2.05) is 44.2 Å². The number of benzene rings is 1. The highest BCUT2D eigenvalue weighted by molar-refractivity contribution is 7.99. The Kier molecular flexibility index (Phi) is 4.71. The molecule has 1 aromatic carbocycles. The molecule has 2 heterocycles. The molecule has 1 unspecified atom stereocenters. The van der Waals surface area contributed by atoms with Crippen molar-refractivity contribution in [3.8, 4) is 0 Å². The number of piperidine rings is 1. The molecule has 6 heteroatoms. The number of carbonyl (C=O) groups excluding carboxylic acids is 1. The summed E-state index contributed by atoms with van der Waals surface area (Å²) in [4.78, 5) is 22.5. The first-order chi connectivity index (χ1) is 12.5. The number of rotatable bonds is 4. The number of anilines is 1. The summed E-state index contributed by atoms with van der Waals surface area (Å²) in [5, 5.41) is 7.22. The van der Waals surface area contributed by atoms with Crippen molar-refractivity contribution in [3.05, 3.63) is 41.7 Å². The molecule has 4 rings (SSSR count). The van der Waals surface area contributed by atoms with Gasteiger partial charge in [-0.05, 0) is 93.7 Å². The number of aromatic nitrogens is 2. The average molecular weight is 369 g/mol. The molecular formula is C20H24N4OS. The van der Waals surface area contributed by atoms with Crippen LogP contribution in [0.4, 0.5) is 5.69 Å². The summed E-state index contributed by atoms with van der Waals surface area (Å²) in [6.07, 6.45) is 3.28. The zero-order valence-electron chi connectivity index (χ0n) is 15.2. The highest BCUT2D eigenvalue weighted by Crippen LogP contribution is 2.58. The molecule has 1 atom stereocenters. The summed E-state index contributed by atoms with van der Waals surface area (Å²) in [5.74, 6) is 0.354. The van der Waals surface area contributed by atoms with Gasteiger partial charge in [-0.2, -0.15) is 0 Å². The second-order valence-corrected chi connectivity index (χ2v) is 8.46. The minimum absolute atomic E-state index is 0.171. The van der Waals surface area contributed by atoms with Crippen LogP contribution in [0, 0.1) is 25.2 Å². The Bertz CT molecular complexity index is 795. The van der Waals surface area contributed by atoms with Crippen LogP contribution in [0.15, 0.2) is 40.4 Å². The van der Waals surface area contributed by atoms with Crippen molar-refractivity contribution in [3.63, 3.8) is 0 Å². The molecule has 2 fully saturated rings. The summed E-state index contributed by atoms with van der Waals surface area (Å²) in [7, 11) is 0. The van der Waals surface area contributed by atoms with E-state index in [-0.39, 0.29) is 17.2 Å². The molecule has 2 N–H and O–H groups in total. The number of carbonyl (C=O) groups is 1. The van der Waals surface area contributed by atoms with Crippen molar-refractivity contribution in [1.82, 2.24) is 15.3 Å². The predicted octanol–water partition coefficient (Wildman–Crippen LogP) is 3.57. The molecular weight excluding hydrogens is 344 g/mol. The second-order valence-electron chi connectivity index (χ2n) is 7.42. The Labute approximate surface area is 158 Å². The van der Waals surface area contributed by atoms with Crippen LogP contribution in [0.1, 0.15) is 30.7 Å². The first kappa shape index (κ1) is 17.5. The van der Waals surface area contributed by atoms with Crippen LogP contribution in [0.5, 0.6) is 0 Å². The van der Waals surface area contributed by atoms with Gasteiger partial charge in [-0.3, -0.25) is 4.79 Å². The lowest BCUT2D eigenvalue weighted by molar-refractivity contribution is -0.118. The number of nitrogens with one attached hydrogen (secondary N) is 2. The molecule has 2 aliphatic rings. The third-order valence-electron chi connectivity index (χ3n) is 5.40. The molecule has 1 aliphatic carbocycles. The van der Waals surface area contributed by atoms with Crippen molar-refractivity contribution < 1.29 is 4.79 Å². The highest BCUT2D eigenvalue weighted by atomic mass is 32.2. The fourth-order valence-electron chi connectivity index (χ4n) is 3.88. The van der Waals surface area contributed by atoms with Crippen LogP contribution in [0.3, 0.4) is 0 Å². The van der Waals surface area contributed by atoms with E-state index in [9.17, 15) is 4.79 Å². The van der Waals surface area contributed by atoms with Gasteiger partial charge in [0.2, 0.25) is 5.91 Å². The highest BCUT2D eigenvalue weighted by Gasteiger charge is 2.57. The van der Waals surface area contributed by atoms with Gasteiger partial charge in [0.25, 0.3) is 0 Å². The molecule has 5 nitrogen and oxygen atoms in total. The summed E-state index contributed by atoms with van der Waals surface area (Å²) in [5.41, 5.74) is 3.07. The molecule has 1 aromatic heterocycles. The number of hydrogen-bond acceptors (Lipinski definition) is 5.